The summed E-state index contributed by atoms with van der Waals surface area (Å²) in [5, 5.41) is 0.670. The zero-order valence-electron chi connectivity index (χ0n) is 12.8. The van der Waals surface area contributed by atoms with Crippen molar-refractivity contribution < 1.29 is 9.53 Å². The maximum Gasteiger partial charge on any atom is 0.229 e. The van der Waals surface area contributed by atoms with E-state index in [9.17, 15) is 4.79 Å². The van der Waals surface area contributed by atoms with Gasteiger partial charge in [-0.3, -0.25) is 4.79 Å². The third kappa shape index (κ3) is 3.88. The number of hydrogen-bond donors (Lipinski definition) is 0. The van der Waals surface area contributed by atoms with Gasteiger partial charge in [0.1, 0.15) is 12.4 Å². The van der Waals surface area contributed by atoms with E-state index in [1.807, 2.05) is 49.5 Å². The van der Waals surface area contributed by atoms with Crippen LogP contribution in [0.3, 0.4) is 0 Å². The molecule has 120 valence electrons. The van der Waals surface area contributed by atoms with Crippen LogP contribution in [0.25, 0.3) is 0 Å². The Hall–Kier alpha value is -1.52. The Morgan fingerprint density at radius 2 is 2.04 bits per heavy atom. The van der Waals surface area contributed by atoms with Crippen molar-refractivity contribution in [3.8, 4) is 5.75 Å². The molecule has 23 heavy (non-hydrogen) atoms. The average molecular weight is 395 g/mol. The van der Waals surface area contributed by atoms with Crippen LogP contribution in [-0.2, 0) is 17.8 Å². The smallest absolute Gasteiger partial charge is 0.229 e. The summed E-state index contributed by atoms with van der Waals surface area (Å²) in [4.78, 5) is 14.4. The summed E-state index contributed by atoms with van der Waals surface area (Å²) in [6.07, 6.45) is 0.666. The number of nitrogens with zero attached hydrogens (tertiary/aromatic N) is 1. The minimum absolute atomic E-state index is 0.0959. The zero-order valence-corrected chi connectivity index (χ0v) is 15.1. The fraction of sp³-hybridized carbons (Fsp3) is 0.278. The monoisotopic (exact) mass is 393 g/mol. The van der Waals surface area contributed by atoms with Gasteiger partial charge < -0.3 is 9.64 Å². The van der Waals surface area contributed by atoms with Crippen molar-refractivity contribution in [2.45, 2.75) is 13.0 Å². The van der Waals surface area contributed by atoms with E-state index in [-0.39, 0.29) is 11.8 Å². The Morgan fingerprint density at radius 1 is 1.30 bits per heavy atom. The van der Waals surface area contributed by atoms with Crippen molar-refractivity contribution in [3.05, 3.63) is 63.1 Å². The third-order valence-electron chi connectivity index (χ3n) is 3.99. The van der Waals surface area contributed by atoms with Crippen LogP contribution in [0.2, 0.25) is 5.02 Å². The lowest BCUT2D eigenvalue weighted by Crippen LogP contribution is -2.38. The molecule has 0 fully saturated rings. The van der Waals surface area contributed by atoms with E-state index >= 15 is 0 Å². The molecule has 0 spiro atoms. The lowest BCUT2D eigenvalue weighted by Gasteiger charge is -2.28. The molecule has 0 saturated carbocycles. The van der Waals surface area contributed by atoms with Gasteiger partial charge in [0.2, 0.25) is 5.91 Å². The Balaban J connectivity index is 1.67. The molecule has 0 N–H and O–H groups in total. The van der Waals surface area contributed by atoms with Gasteiger partial charge in [0.05, 0.1) is 5.92 Å². The molecule has 0 aromatic heterocycles. The van der Waals surface area contributed by atoms with Crippen molar-refractivity contribution in [2.75, 3.05) is 13.7 Å². The normalized spacial score (nSPS) is 16.4. The molecule has 0 bridgehead atoms. The van der Waals surface area contributed by atoms with Crippen LogP contribution in [0.5, 0.6) is 5.75 Å². The number of ether oxygens (including phenoxy) is 1. The highest BCUT2D eigenvalue weighted by atomic mass is 79.9. The van der Waals surface area contributed by atoms with Crippen molar-refractivity contribution in [2.24, 2.45) is 5.92 Å². The minimum Gasteiger partial charge on any atom is -0.492 e. The first-order chi connectivity index (χ1) is 11.0. The molecule has 2 aromatic carbocycles. The topological polar surface area (TPSA) is 29.5 Å². The fourth-order valence-electron chi connectivity index (χ4n) is 2.77. The average Bonchev–Trinajstić information content (AvgIpc) is 2.55. The molecule has 3 nitrogen and oxygen atoms in total. The van der Waals surface area contributed by atoms with Gasteiger partial charge in [-0.05, 0) is 47.9 Å². The number of fused-ring (bicyclic) bond motifs is 1. The molecule has 1 aliphatic rings. The van der Waals surface area contributed by atoms with E-state index < -0.39 is 0 Å². The number of amides is 1. The standard InChI is InChI=1S/C18H17BrClNO2/c1-21(10-12-2-4-15(19)5-3-12)18(22)14-8-13-9-16(20)6-7-17(13)23-11-14/h2-7,9,14H,8,10-11H2,1H3/t14-/m0/s1. The molecule has 1 aliphatic heterocycles. The molecule has 0 saturated heterocycles. The lowest BCUT2D eigenvalue weighted by atomic mass is 9.95. The molecule has 5 heteroatoms. The lowest BCUT2D eigenvalue weighted by molar-refractivity contribution is -0.136. The van der Waals surface area contributed by atoms with Crippen LogP contribution in [0, 0.1) is 5.92 Å². The Bertz CT molecular complexity index is 717. The molecule has 1 heterocycles. The second kappa shape index (κ2) is 6.93. The minimum atomic E-state index is -0.165. The fourth-order valence-corrected chi connectivity index (χ4v) is 3.23. The third-order valence-corrected chi connectivity index (χ3v) is 4.75. The van der Waals surface area contributed by atoms with Gasteiger partial charge in [0.15, 0.2) is 0 Å². The van der Waals surface area contributed by atoms with Crippen molar-refractivity contribution in [1.29, 1.82) is 0 Å². The first kappa shape index (κ1) is 16.3. The van der Waals surface area contributed by atoms with Crippen LogP contribution in [0.15, 0.2) is 46.9 Å². The van der Waals surface area contributed by atoms with Crippen LogP contribution in [-0.4, -0.2) is 24.5 Å². The number of carbonyl (C=O) groups is 1. The van der Waals surface area contributed by atoms with Crippen LogP contribution in [0.4, 0.5) is 0 Å². The van der Waals surface area contributed by atoms with Gasteiger partial charge in [-0.25, -0.2) is 0 Å². The summed E-state index contributed by atoms with van der Waals surface area (Å²) in [5.74, 6) is 0.758. The quantitative estimate of drug-likeness (QED) is 0.776. The molecular weight excluding hydrogens is 378 g/mol. The Kier molecular flexibility index (Phi) is 4.93. The highest BCUT2D eigenvalue weighted by Crippen LogP contribution is 2.30. The molecule has 3 rings (SSSR count). The summed E-state index contributed by atoms with van der Waals surface area (Å²) >= 11 is 9.45. The number of carbonyl (C=O) groups excluding carboxylic acids is 1. The number of hydrogen-bond acceptors (Lipinski definition) is 2. The van der Waals surface area contributed by atoms with E-state index in [2.05, 4.69) is 15.9 Å². The summed E-state index contributed by atoms with van der Waals surface area (Å²) in [6.45, 7) is 1.00. The summed E-state index contributed by atoms with van der Waals surface area (Å²) in [7, 11) is 1.83. The van der Waals surface area contributed by atoms with E-state index in [0.717, 1.165) is 21.3 Å². The summed E-state index contributed by atoms with van der Waals surface area (Å²) < 4.78 is 6.75. The SMILES string of the molecule is CN(Cc1ccc(Br)cc1)C(=O)[C@@H]1COc2ccc(Cl)cc2C1. The molecule has 0 unspecified atom stereocenters. The van der Waals surface area contributed by atoms with Gasteiger partial charge in [-0.2, -0.15) is 0 Å². The van der Waals surface area contributed by atoms with E-state index in [1.54, 1.807) is 4.90 Å². The molecule has 1 atom stereocenters. The van der Waals surface area contributed by atoms with Crippen molar-refractivity contribution in [3.63, 3.8) is 0 Å². The maximum atomic E-state index is 12.7. The second-order valence-electron chi connectivity index (χ2n) is 5.78. The zero-order chi connectivity index (χ0) is 16.4. The molecular formula is C18H17BrClNO2. The van der Waals surface area contributed by atoms with Crippen molar-refractivity contribution >= 4 is 33.4 Å². The van der Waals surface area contributed by atoms with E-state index in [1.165, 1.54) is 0 Å². The molecule has 1 amide bonds. The van der Waals surface area contributed by atoms with Gasteiger partial charge in [-0.1, -0.05) is 39.7 Å². The number of halogens is 2. The van der Waals surface area contributed by atoms with Gasteiger partial charge in [0.25, 0.3) is 0 Å². The number of rotatable bonds is 3. The predicted molar refractivity (Wildman–Crippen MR) is 94.8 cm³/mol. The molecule has 2 aromatic rings. The predicted octanol–water partition coefficient (Wildman–Crippen LogP) is 4.31. The van der Waals surface area contributed by atoms with Crippen molar-refractivity contribution in [1.82, 2.24) is 4.90 Å². The van der Waals surface area contributed by atoms with Crippen LogP contribution < -0.4 is 4.74 Å². The van der Waals surface area contributed by atoms with Crippen LogP contribution in [0.1, 0.15) is 11.1 Å². The van der Waals surface area contributed by atoms with Crippen LogP contribution >= 0.6 is 27.5 Å². The first-order valence-corrected chi connectivity index (χ1v) is 8.60. The van der Waals surface area contributed by atoms with Gasteiger partial charge in [0, 0.05) is 23.1 Å². The van der Waals surface area contributed by atoms with E-state index in [4.69, 9.17) is 16.3 Å². The van der Waals surface area contributed by atoms with E-state index in [0.29, 0.717) is 24.6 Å². The molecule has 0 radical (unpaired) electrons. The largest absolute Gasteiger partial charge is 0.492 e. The summed E-state index contributed by atoms with van der Waals surface area (Å²) in [6, 6.07) is 13.5. The Labute approximate surface area is 149 Å². The second-order valence-corrected chi connectivity index (χ2v) is 7.14. The molecule has 0 aliphatic carbocycles. The first-order valence-electron chi connectivity index (χ1n) is 7.43. The number of benzene rings is 2. The van der Waals surface area contributed by atoms with Gasteiger partial charge in [-0.15, -0.1) is 0 Å². The highest BCUT2D eigenvalue weighted by molar-refractivity contribution is 9.10. The Morgan fingerprint density at radius 3 is 2.78 bits per heavy atom. The van der Waals surface area contributed by atoms with Gasteiger partial charge >= 0.3 is 0 Å². The maximum absolute atomic E-state index is 12.7. The highest BCUT2D eigenvalue weighted by Gasteiger charge is 2.28. The summed E-state index contributed by atoms with van der Waals surface area (Å²) in [5.41, 5.74) is 2.10.